The van der Waals surface area contributed by atoms with E-state index >= 15 is 0 Å². The number of aryl methyl sites for hydroxylation is 3. The maximum absolute atomic E-state index is 12.6. The van der Waals surface area contributed by atoms with Crippen LogP contribution in [0.2, 0.25) is 0 Å². The van der Waals surface area contributed by atoms with Gasteiger partial charge in [-0.05, 0) is 74.7 Å². The Hall–Kier alpha value is -3.86. The van der Waals surface area contributed by atoms with Crippen molar-refractivity contribution in [2.45, 2.75) is 33.6 Å². The number of aromatic nitrogens is 2. The summed E-state index contributed by atoms with van der Waals surface area (Å²) < 4.78 is 8.18. The topological polar surface area (TPSA) is 56.1 Å². The fraction of sp³-hybridized carbons (Fsp3) is 0.185. The summed E-state index contributed by atoms with van der Waals surface area (Å²) in [5.74, 6) is 1.35. The quantitative estimate of drug-likeness (QED) is 0.386. The summed E-state index contributed by atoms with van der Waals surface area (Å²) in [7, 11) is 0. The smallest absolute Gasteiger partial charge is 0.226 e. The van der Waals surface area contributed by atoms with E-state index in [0.29, 0.717) is 18.7 Å². The highest BCUT2D eigenvalue weighted by Crippen LogP contribution is 2.32. The van der Waals surface area contributed by atoms with Crippen LogP contribution in [0.4, 0.5) is 5.69 Å². The molecule has 5 heteroatoms. The Labute approximate surface area is 188 Å². The highest BCUT2D eigenvalue weighted by atomic mass is 16.5. The molecule has 0 spiro atoms. The summed E-state index contributed by atoms with van der Waals surface area (Å²) in [5.41, 5.74) is 5.75. The van der Waals surface area contributed by atoms with Gasteiger partial charge < -0.3 is 10.1 Å². The van der Waals surface area contributed by atoms with Crippen LogP contribution in [0.1, 0.15) is 28.8 Å². The van der Waals surface area contributed by atoms with Crippen molar-refractivity contribution in [2.75, 3.05) is 5.32 Å². The van der Waals surface area contributed by atoms with Crippen molar-refractivity contribution in [2.24, 2.45) is 0 Å². The molecular weight excluding hydrogens is 398 g/mol. The molecule has 0 fully saturated rings. The predicted molar refractivity (Wildman–Crippen MR) is 128 cm³/mol. The molecule has 0 saturated carbocycles. The van der Waals surface area contributed by atoms with Crippen molar-refractivity contribution in [3.63, 3.8) is 0 Å². The number of nitrogens with one attached hydrogen (secondary N) is 1. The molecule has 162 valence electrons. The molecule has 0 radical (unpaired) electrons. The summed E-state index contributed by atoms with van der Waals surface area (Å²) in [6.45, 7) is 6.04. The van der Waals surface area contributed by atoms with Crippen molar-refractivity contribution < 1.29 is 9.53 Å². The molecule has 1 N–H and O–H groups in total. The molecule has 1 aromatic heterocycles. The van der Waals surface area contributed by atoms with Crippen molar-refractivity contribution in [3.05, 3.63) is 101 Å². The second kappa shape index (κ2) is 9.52. The summed E-state index contributed by atoms with van der Waals surface area (Å²) in [6.07, 6.45) is 0.858. The maximum atomic E-state index is 12.6. The Morgan fingerprint density at radius 1 is 0.906 bits per heavy atom. The van der Waals surface area contributed by atoms with Gasteiger partial charge in [0.2, 0.25) is 11.8 Å². The number of hydrogen-bond acceptors (Lipinski definition) is 3. The monoisotopic (exact) mass is 425 g/mol. The summed E-state index contributed by atoms with van der Waals surface area (Å²) in [6, 6.07) is 25.6. The minimum absolute atomic E-state index is 0.0413. The average Bonchev–Trinajstić information content (AvgIpc) is 3.08. The number of benzene rings is 3. The van der Waals surface area contributed by atoms with E-state index in [1.807, 2.05) is 85.3 Å². The van der Waals surface area contributed by atoms with Gasteiger partial charge in [0.05, 0.1) is 11.4 Å². The SMILES string of the molecule is Cc1cccc(Oc2c(CCC(=O)Nc3ccccc3)c(C)nn2-c2cccc(C)c2)c1. The Morgan fingerprint density at radius 2 is 1.62 bits per heavy atom. The second-order valence-corrected chi connectivity index (χ2v) is 7.95. The molecule has 4 rings (SSSR count). The van der Waals surface area contributed by atoms with E-state index < -0.39 is 0 Å². The third-order valence-electron chi connectivity index (χ3n) is 5.25. The number of nitrogens with zero attached hydrogens (tertiary/aromatic N) is 2. The van der Waals surface area contributed by atoms with E-state index in [9.17, 15) is 4.79 Å². The summed E-state index contributed by atoms with van der Waals surface area (Å²) in [4.78, 5) is 12.6. The van der Waals surface area contributed by atoms with E-state index in [-0.39, 0.29) is 5.91 Å². The lowest BCUT2D eigenvalue weighted by atomic mass is 10.1. The summed E-state index contributed by atoms with van der Waals surface area (Å²) >= 11 is 0. The lowest BCUT2D eigenvalue weighted by Gasteiger charge is -2.12. The maximum Gasteiger partial charge on any atom is 0.226 e. The zero-order valence-corrected chi connectivity index (χ0v) is 18.6. The van der Waals surface area contributed by atoms with E-state index in [1.165, 1.54) is 0 Å². The zero-order valence-electron chi connectivity index (χ0n) is 18.6. The molecule has 0 saturated heterocycles. The third kappa shape index (κ3) is 5.06. The molecule has 1 amide bonds. The number of carbonyl (C=O) groups excluding carboxylic acids is 1. The minimum atomic E-state index is -0.0413. The number of rotatable bonds is 7. The van der Waals surface area contributed by atoms with Crippen LogP contribution in [-0.2, 0) is 11.2 Å². The van der Waals surface area contributed by atoms with Gasteiger partial charge in [0.1, 0.15) is 5.75 Å². The van der Waals surface area contributed by atoms with Gasteiger partial charge in [-0.1, -0.05) is 42.5 Å². The molecule has 0 unspecified atom stereocenters. The molecule has 0 atom stereocenters. The molecule has 1 heterocycles. The van der Waals surface area contributed by atoms with Crippen molar-refractivity contribution in [1.82, 2.24) is 9.78 Å². The Bertz CT molecular complexity index is 1230. The van der Waals surface area contributed by atoms with Gasteiger partial charge in [0.15, 0.2) is 0 Å². The number of carbonyl (C=O) groups is 1. The molecule has 0 aliphatic heterocycles. The zero-order chi connectivity index (χ0) is 22.5. The van der Waals surface area contributed by atoms with E-state index in [2.05, 4.69) is 24.4 Å². The van der Waals surface area contributed by atoms with E-state index in [1.54, 1.807) is 0 Å². The van der Waals surface area contributed by atoms with Crippen molar-refractivity contribution in [3.8, 4) is 17.3 Å². The van der Waals surface area contributed by atoms with Gasteiger partial charge in [-0.25, -0.2) is 4.68 Å². The van der Waals surface area contributed by atoms with Crippen LogP contribution in [0.5, 0.6) is 11.6 Å². The molecule has 0 bridgehead atoms. The Balaban J connectivity index is 1.64. The van der Waals surface area contributed by atoms with E-state index in [4.69, 9.17) is 9.84 Å². The van der Waals surface area contributed by atoms with Gasteiger partial charge in [0, 0.05) is 17.7 Å². The van der Waals surface area contributed by atoms with Crippen LogP contribution in [0, 0.1) is 20.8 Å². The molecule has 5 nitrogen and oxygen atoms in total. The fourth-order valence-corrected chi connectivity index (χ4v) is 3.64. The highest BCUT2D eigenvalue weighted by molar-refractivity contribution is 5.90. The standard InChI is InChI=1S/C27H27N3O2/c1-19-9-7-13-23(17-19)30-27(32-24-14-8-10-20(2)18-24)25(21(3)29-30)15-16-26(31)28-22-11-5-4-6-12-22/h4-14,17-18H,15-16H2,1-3H3,(H,28,31). The Kier molecular flexibility index (Phi) is 6.36. The number of amides is 1. The van der Waals surface area contributed by atoms with Crippen LogP contribution in [0.25, 0.3) is 5.69 Å². The molecular formula is C27H27N3O2. The van der Waals surface area contributed by atoms with Crippen molar-refractivity contribution >= 4 is 11.6 Å². The van der Waals surface area contributed by atoms with Crippen LogP contribution < -0.4 is 10.1 Å². The number of anilines is 1. The molecule has 4 aromatic rings. The second-order valence-electron chi connectivity index (χ2n) is 7.95. The van der Waals surface area contributed by atoms with Crippen LogP contribution >= 0.6 is 0 Å². The molecule has 32 heavy (non-hydrogen) atoms. The van der Waals surface area contributed by atoms with Crippen molar-refractivity contribution in [1.29, 1.82) is 0 Å². The van der Waals surface area contributed by atoms with Crippen LogP contribution in [-0.4, -0.2) is 15.7 Å². The van der Waals surface area contributed by atoms with Gasteiger partial charge in [-0.2, -0.15) is 5.10 Å². The Morgan fingerprint density at radius 3 is 2.34 bits per heavy atom. The largest absolute Gasteiger partial charge is 0.439 e. The number of para-hydroxylation sites is 1. The highest BCUT2D eigenvalue weighted by Gasteiger charge is 2.20. The van der Waals surface area contributed by atoms with Gasteiger partial charge >= 0.3 is 0 Å². The number of hydrogen-bond donors (Lipinski definition) is 1. The fourth-order valence-electron chi connectivity index (χ4n) is 3.64. The first-order valence-corrected chi connectivity index (χ1v) is 10.7. The summed E-state index contributed by atoms with van der Waals surface area (Å²) in [5, 5.41) is 7.71. The van der Waals surface area contributed by atoms with E-state index in [0.717, 1.165) is 39.5 Å². The van der Waals surface area contributed by atoms with Gasteiger partial charge in [-0.15, -0.1) is 0 Å². The molecule has 3 aromatic carbocycles. The lowest BCUT2D eigenvalue weighted by Crippen LogP contribution is -2.12. The first-order chi connectivity index (χ1) is 15.5. The average molecular weight is 426 g/mol. The molecule has 0 aliphatic rings. The van der Waals surface area contributed by atoms with Crippen LogP contribution in [0.3, 0.4) is 0 Å². The van der Waals surface area contributed by atoms with Gasteiger partial charge in [-0.3, -0.25) is 4.79 Å². The van der Waals surface area contributed by atoms with Gasteiger partial charge in [0.25, 0.3) is 0 Å². The number of ether oxygens (including phenoxy) is 1. The minimum Gasteiger partial charge on any atom is -0.439 e. The lowest BCUT2D eigenvalue weighted by molar-refractivity contribution is -0.116. The molecule has 0 aliphatic carbocycles. The first kappa shape index (κ1) is 21.4. The first-order valence-electron chi connectivity index (χ1n) is 10.7. The third-order valence-corrected chi connectivity index (χ3v) is 5.25. The normalized spacial score (nSPS) is 10.7. The predicted octanol–water partition coefficient (Wildman–Crippen LogP) is 6.16. The van der Waals surface area contributed by atoms with Crippen LogP contribution in [0.15, 0.2) is 78.9 Å².